The Hall–Kier alpha value is -1.86. The summed E-state index contributed by atoms with van der Waals surface area (Å²) in [5, 5.41) is 2.88. The van der Waals surface area contributed by atoms with Gasteiger partial charge < -0.3 is 19.8 Å². The van der Waals surface area contributed by atoms with E-state index < -0.39 is 0 Å². The van der Waals surface area contributed by atoms with Gasteiger partial charge in [0, 0.05) is 10.6 Å². The number of hydrogen-bond donors (Lipinski definition) is 2. The number of hydrogen-bond acceptors (Lipinski definition) is 5. The zero-order valence-corrected chi connectivity index (χ0v) is 13.7. The Balaban J connectivity index is 1.52. The van der Waals surface area contributed by atoms with Crippen molar-refractivity contribution in [2.45, 2.75) is 19.4 Å². The summed E-state index contributed by atoms with van der Waals surface area (Å²) < 4.78 is 12.1. The molecular formula is C15H16N2O3S2. The fraction of sp³-hybridized carbons (Fsp3) is 0.333. The van der Waals surface area contributed by atoms with Crippen molar-refractivity contribution in [3.05, 3.63) is 38.8 Å². The van der Waals surface area contributed by atoms with Gasteiger partial charge in [0.2, 0.25) is 5.91 Å². The molecule has 1 unspecified atom stereocenters. The molecule has 7 heteroatoms. The van der Waals surface area contributed by atoms with Crippen LogP contribution in [-0.2, 0) is 11.2 Å². The Morgan fingerprint density at radius 3 is 2.95 bits per heavy atom. The van der Waals surface area contributed by atoms with Gasteiger partial charge in [-0.05, 0) is 31.3 Å². The summed E-state index contributed by atoms with van der Waals surface area (Å²) in [6.07, 6.45) is 0.151. The second-order valence-electron chi connectivity index (χ2n) is 5.04. The van der Waals surface area contributed by atoms with Gasteiger partial charge in [-0.15, -0.1) is 11.3 Å². The Morgan fingerprint density at radius 2 is 2.23 bits per heavy atom. The lowest BCUT2D eigenvalue weighted by Gasteiger charge is -2.26. The number of fused-ring (bicyclic) bond motifs is 1. The summed E-state index contributed by atoms with van der Waals surface area (Å²) in [6, 6.07) is 7.52. The van der Waals surface area contributed by atoms with Crippen LogP contribution in [0, 0.1) is 10.9 Å². The number of para-hydroxylation sites is 2. The van der Waals surface area contributed by atoms with Crippen molar-refractivity contribution in [1.82, 2.24) is 10.3 Å². The molecule has 0 saturated heterocycles. The number of carbonyl (C=O) groups is 1. The highest BCUT2D eigenvalue weighted by Gasteiger charge is 2.21. The molecule has 1 aromatic carbocycles. The van der Waals surface area contributed by atoms with E-state index in [1.54, 1.807) is 0 Å². The summed E-state index contributed by atoms with van der Waals surface area (Å²) in [7, 11) is 0. The Bertz CT molecular complexity index is 738. The Kier molecular flexibility index (Phi) is 4.44. The SMILES string of the molecule is Cc1[nH]c(=S)sc1CC(=O)NCC1COc2ccccc2O1. The molecule has 1 amide bonds. The largest absolute Gasteiger partial charge is 0.486 e. The molecule has 0 spiro atoms. The first-order valence-corrected chi connectivity index (χ1v) is 8.18. The molecule has 1 aromatic heterocycles. The molecule has 0 saturated carbocycles. The average molecular weight is 336 g/mol. The topological polar surface area (TPSA) is 63.4 Å². The Morgan fingerprint density at radius 1 is 1.45 bits per heavy atom. The molecule has 116 valence electrons. The van der Waals surface area contributed by atoms with Crippen LogP contribution in [0.3, 0.4) is 0 Å². The van der Waals surface area contributed by atoms with Crippen LogP contribution < -0.4 is 14.8 Å². The molecule has 1 atom stereocenters. The second-order valence-corrected chi connectivity index (χ2v) is 6.81. The van der Waals surface area contributed by atoms with E-state index in [0.29, 0.717) is 29.3 Å². The first-order valence-electron chi connectivity index (χ1n) is 6.95. The van der Waals surface area contributed by atoms with Crippen molar-refractivity contribution in [3.63, 3.8) is 0 Å². The molecule has 2 N–H and O–H groups in total. The van der Waals surface area contributed by atoms with Crippen molar-refractivity contribution in [2.24, 2.45) is 0 Å². The number of ether oxygens (including phenoxy) is 2. The number of rotatable bonds is 4. The summed E-state index contributed by atoms with van der Waals surface area (Å²) in [5.74, 6) is 1.41. The zero-order chi connectivity index (χ0) is 15.5. The number of benzene rings is 1. The predicted molar refractivity (Wildman–Crippen MR) is 87.3 cm³/mol. The van der Waals surface area contributed by atoms with Gasteiger partial charge in [0.25, 0.3) is 0 Å². The van der Waals surface area contributed by atoms with Gasteiger partial charge in [-0.25, -0.2) is 0 Å². The minimum Gasteiger partial charge on any atom is -0.486 e. The quantitative estimate of drug-likeness (QED) is 0.843. The maximum Gasteiger partial charge on any atom is 0.225 e. The number of thiazole rings is 1. The van der Waals surface area contributed by atoms with Gasteiger partial charge in [-0.3, -0.25) is 4.79 Å². The van der Waals surface area contributed by atoms with E-state index in [9.17, 15) is 4.79 Å². The molecule has 5 nitrogen and oxygen atoms in total. The minimum absolute atomic E-state index is 0.0455. The number of aryl methyl sites for hydroxylation is 1. The molecule has 1 aliphatic rings. The van der Waals surface area contributed by atoms with Crippen molar-refractivity contribution >= 4 is 29.5 Å². The van der Waals surface area contributed by atoms with Crippen LogP contribution in [0.15, 0.2) is 24.3 Å². The van der Waals surface area contributed by atoms with Crippen LogP contribution in [0.5, 0.6) is 11.5 Å². The summed E-state index contributed by atoms with van der Waals surface area (Å²) >= 11 is 6.51. The number of amides is 1. The summed E-state index contributed by atoms with van der Waals surface area (Å²) in [6.45, 7) is 2.77. The molecule has 22 heavy (non-hydrogen) atoms. The molecular weight excluding hydrogens is 320 g/mol. The third-order valence-electron chi connectivity index (χ3n) is 3.34. The predicted octanol–water partition coefficient (Wildman–Crippen LogP) is 2.61. The van der Waals surface area contributed by atoms with E-state index >= 15 is 0 Å². The maximum atomic E-state index is 12.0. The Labute approximate surface area is 137 Å². The van der Waals surface area contributed by atoms with Gasteiger partial charge in [0.05, 0.1) is 13.0 Å². The van der Waals surface area contributed by atoms with Crippen molar-refractivity contribution in [1.29, 1.82) is 0 Å². The average Bonchev–Trinajstić information content (AvgIpc) is 2.82. The van der Waals surface area contributed by atoms with Crippen molar-refractivity contribution < 1.29 is 14.3 Å². The van der Waals surface area contributed by atoms with E-state index in [2.05, 4.69) is 10.3 Å². The van der Waals surface area contributed by atoms with Gasteiger partial charge in [-0.2, -0.15) is 0 Å². The molecule has 0 aliphatic carbocycles. The number of nitrogens with one attached hydrogen (secondary N) is 2. The van der Waals surface area contributed by atoms with Crippen LogP contribution in [0.2, 0.25) is 0 Å². The smallest absolute Gasteiger partial charge is 0.225 e. The highest BCUT2D eigenvalue weighted by Crippen LogP contribution is 2.30. The van der Waals surface area contributed by atoms with Gasteiger partial charge in [0.15, 0.2) is 15.5 Å². The van der Waals surface area contributed by atoms with Crippen LogP contribution in [-0.4, -0.2) is 30.1 Å². The summed E-state index contributed by atoms with van der Waals surface area (Å²) in [5.41, 5.74) is 0.955. The van der Waals surface area contributed by atoms with Crippen LogP contribution in [0.1, 0.15) is 10.6 Å². The van der Waals surface area contributed by atoms with Crippen LogP contribution >= 0.6 is 23.6 Å². The monoisotopic (exact) mass is 336 g/mol. The highest BCUT2D eigenvalue weighted by molar-refractivity contribution is 7.73. The van der Waals surface area contributed by atoms with Gasteiger partial charge in [0.1, 0.15) is 12.7 Å². The first-order chi connectivity index (χ1) is 10.6. The number of aromatic nitrogens is 1. The minimum atomic E-state index is -0.177. The lowest BCUT2D eigenvalue weighted by molar-refractivity contribution is -0.120. The molecule has 0 radical (unpaired) electrons. The lowest BCUT2D eigenvalue weighted by Crippen LogP contribution is -2.41. The van der Waals surface area contributed by atoms with E-state index in [1.807, 2.05) is 31.2 Å². The number of carbonyl (C=O) groups excluding carboxylic acids is 1. The van der Waals surface area contributed by atoms with E-state index in [-0.39, 0.29) is 12.0 Å². The van der Waals surface area contributed by atoms with Crippen molar-refractivity contribution in [3.8, 4) is 11.5 Å². The summed E-state index contributed by atoms with van der Waals surface area (Å²) in [4.78, 5) is 16.0. The second kappa shape index (κ2) is 6.50. The van der Waals surface area contributed by atoms with E-state index in [4.69, 9.17) is 21.7 Å². The van der Waals surface area contributed by atoms with Gasteiger partial charge >= 0.3 is 0 Å². The molecule has 2 heterocycles. The van der Waals surface area contributed by atoms with Crippen LogP contribution in [0.25, 0.3) is 0 Å². The standard InChI is InChI=1S/C15H16N2O3S2/c1-9-13(22-15(21)17-9)6-14(18)16-7-10-8-19-11-4-2-3-5-12(11)20-10/h2-5,10H,6-8H2,1H3,(H,16,18)(H,17,21). The number of H-pyrrole nitrogens is 1. The van der Waals surface area contributed by atoms with E-state index in [1.165, 1.54) is 11.3 Å². The van der Waals surface area contributed by atoms with E-state index in [0.717, 1.165) is 16.3 Å². The third kappa shape index (κ3) is 3.48. The highest BCUT2D eigenvalue weighted by atomic mass is 32.1. The fourth-order valence-electron chi connectivity index (χ4n) is 2.21. The normalized spacial score (nSPS) is 16.3. The molecule has 0 bridgehead atoms. The third-order valence-corrected chi connectivity index (χ3v) is 4.68. The van der Waals surface area contributed by atoms with Crippen molar-refractivity contribution in [2.75, 3.05) is 13.2 Å². The first kappa shape index (κ1) is 15.1. The molecule has 1 aliphatic heterocycles. The maximum absolute atomic E-state index is 12.0. The zero-order valence-electron chi connectivity index (χ0n) is 12.0. The van der Waals surface area contributed by atoms with Gasteiger partial charge in [-0.1, -0.05) is 12.1 Å². The molecule has 2 aromatic rings. The van der Waals surface area contributed by atoms with Crippen LogP contribution in [0.4, 0.5) is 0 Å². The molecule has 0 fully saturated rings. The fourth-order valence-corrected chi connectivity index (χ4v) is 3.50. The molecule has 3 rings (SSSR count). The number of aromatic amines is 1. The lowest BCUT2D eigenvalue weighted by atomic mass is 10.2.